The van der Waals surface area contributed by atoms with Crippen LogP contribution in [-0.2, 0) is 10.0 Å². The number of piperidine rings is 1. The summed E-state index contributed by atoms with van der Waals surface area (Å²) in [6, 6.07) is 16.2. The summed E-state index contributed by atoms with van der Waals surface area (Å²) >= 11 is 0. The molecule has 6 heteroatoms. The maximum absolute atomic E-state index is 12.1. The van der Waals surface area contributed by atoms with Crippen molar-refractivity contribution in [2.45, 2.75) is 24.2 Å². The average molecular weight is 343 g/mol. The van der Waals surface area contributed by atoms with Gasteiger partial charge >= 0.3 is 0 Å². The van der Waals surface area contributed by atoms with Gasteiger partial charge in [-0.1, -0.05) is 30.3 Å². The average Bonchev–Trinajstić information content (AvgIpc) is 2.64. The lowest BCUT2D eigenvalue weighted by Crippen LogP contribution is -2.29. The molecule has 0 radical (unpaired) electrons. The maximum Gasteiger partial charge on any atom is 0.276 e. The first-order valence-corrected chi connectivity index (χ1v) is 9.58. The minimum atomic E-state index is -3.61. The lowest BCUT2D eigenvalue weighted by Gasteiger charge is -2.28. The topological polar surface area (TPSA) is 61.8 Å². The summed E-state index contributed by atoms with van der Waals surface area (Å²) in [7, 11) is -3.61. The quantitative estimate of drug-likeness (QED) is 0.670. The van der Waals surface area contributed by atoms with Crippen molar-refractivity contribution < 1.29 is 8.42 Å². The number of hydrogen-bond acceptors (Lipinski definition) is 4. The summed E-state index contributed by atoms with van der Waals surface area (Å²) in [5.74, 6) is 0. The molecular weight excluding hydrogens is 322 g/mol. The van der Waals surface area contributed by atoms with E-state index >= 15 is 0 Å². The zero-order chi connectivity index (χ0) is 16.8. The molecule has 1 fully saturated rings. The number of hydrazone groups is 1. The zero-order valence-electron chi connectivity index (χ0n) is 13.4. The first kappa shape index (κ1) is 16.5. The van der Waals surface area contributed by atoms with Gasteiger partial charge in [0.25, 0.3) is 10.0 Å². The molecule has 126 valence electrons. The number of anilines is 1. The van der Waals surface area contributed by atoms with Crippen LogP contribution in [0.1, 0.15) is 24.8 Å². The van der Waals surface area contributed by atoms with E-state index in [1.54, 1.807) is 18.2 Å². The lowest BCUT2D eigenvalue weighted by molar-refractivity contribution is 0.578. The van der Waals surface area contributed by atoms with Gasteiger partial charge in [0.2, 0.25) is 0 Å². The minimum absolute atomic E-state index is 0.197. The first-order valence-electron chi connectivity index (χ1n) is 8.10. The second kappa shape index (κ2) is 7.49. The Kier molecular flexibility index (Phi) is 5.15. The van der Waals surface area contributed by atoms with E-state index in [0.29, 0.717) is 0 Å². The summed E-state index contributed by atoms with van der Waals surface area (Å²) in [5, 5.41) is 3.86. The smallest absolute Gasteiger partial charge is 0.276 e. The molecule has 1 N–H and O–H groups in total. The van der Waals surface area contributed by atoms with Crippen LogP contribution in [0, 0.1) is 0 Å². The Labute approximate surface area is 143 Å². The summed E-state index contributed by atoms with van der Waals surface area (Å²) in [5.41, 5.74) is 2.06. The predicted molar refractivity (Wildman–Crippen MR) is 96.9 cm³/mol. The fraction of sp³-hybridized carbons (Fsp3) is 0.278. The predicted octanol–water partition coefficient (Wildman–Crippen LogP) is 2.99. The highest BCUT2D eigenvalue weighted by Gasteiger charge is 2.11. The first-order chi connectivity index (χ1) is 11.6. The Morgan fingerprint density at radius 1 is 0.917 bits per heavy atom. The Hall–Kier alpha value is -2.34. The summed E-state index contributed by atoms with van der Waals surface area (Å²) < 4.78 is 24.1. The van der Waals surface area contributed by atoms with Crippen LogP contribution in [0.15, 0.2) is 64.6 Å². The van der Waals surface area contributed by atoms with Gasteiger partial charge < -0.3 is 4.90 Å². The number of nitrogens with one attached hydrogen (secondary N) is 1. The third kappa shape index (κ3) is 4.14. The van der Waals surface area contributed by atoms with Crippen LogP contribution in [0.5, 0.6) is 0 Å². The van der Waals surface area contributed by atoms with Crippen molar-refractivity contribution >= 4 is 21.9 Å². The van der Waals surface area contributed by atoms with E-state index in [4.69, 9.17) is 0 Å². The third-order valence-corrected chi connectivity index (χ3v) is 5.29. The number of sulfonamides is 1. The maximum atomic E-state index is 12.1. The summed E-state index contributed by atoms with van der Waals surface area (Å²) in [4.78, 5) is 4.81. The van der Waals surface area contributed by atoms with E-state index < -0.39 is 10.0 Å². The molecule has 0 bridgehead atoms. The SMILES string of the molecule is O=S(=O)(N/N=C/c1ccc(N2CCCCC2)cc1)c1ccccc1. The Morgan fingerprint density at radius 3 is 2.25 bits per heavy atom. The molecule has 0 unspecified atom stereocenters. The molecule has 1 aliphatic heterocycles. The van der Waals surface area contributed by atoms with E-state index in [-0.39, 0.29) is 4.90 Å². The van der Waals surface area contributed by atoms with Crippen molar-refractivity contribution in [1.29, 1.82) is 0 Å². The molecule has 0 atom stereocenters. The molecule has 3 rings (SSSR count). The van der Waals surface area contributed by atoms with E-state index in [1.165, 1.54) is 43.3 Å². The van der Waals surface area contributed by atoms with Crippen molar-refractivity contribution in [3.8, 4) is 0 Å². The summed E-state index contributed by atoms with van der Waals surface area (Å²) in [6.07, 6.45) is 5.30. The Balaban J connectivity index is 1.62. The van der Waals surface area contributed by atoms with E-state index in [2.05, 4.69) is 27.0 Å². The van der Waals surface area contributed by atoms with E-state index in [1.807, 2.05) is 12.1 Å². The van der Waals surface area contributed by atoms with Crippen LogP contribution >= 0.6 is 0 Å². The van der Waals surface area contributed by atoms with Crippen LogP contribution in [0.4, 0.5) is 5.69 Å². The highest BCUT2D eigenvalue weighted by Crippen LogP contribution is 2.19. The molecule has 5 nitrogen and oxygen atoms in total. The number of hydrogen-bond donors (Lipinski definition) is 1. The van der Waals surface area contributed by atoms with Crippen LogP contribution in [0.3, 0.4) is 0 Å². The highest BCUT2D eigenvalue weighted by molar-refractivity contribution is 7.89. The molecule has 0 saturated carbocycles. The normalized spacial score (nSPS) is 15.6. The van der Waals surface area contributed by atoms with Gasteiger partial charge in [0, 0.05) is 18.8 Å². The van der Waals surface area contributed by atoms with Crippen molar-refractivity contribution in [3.05, 3.63) is 60.2 Å². The van der Waals surface area contributed by atoms with Crippen molar-refractivity contribution in [1.82, 2.24) is 4.83 Å². The van der Waals surface area contributed by atoms with Gasteiger partial charge in [-0.25, -0.2) is 4.83 Å². The van der Waals surface area contributed by atoms with Crippen molar-refractivity contribution in [3.63, 3.8) is 0 Å². The molecule has 0 aliphatic carbocycles. The Bertz CT molecular complexity index is 781. The van der Waals surface area contributed by atoms with Gasteiger partial charge in [-0.2, -0.15) is 13.5 Å². The second-order valence-electron chi connectivity index (χ2n) is 5.81. The van der Waals surface area contributed by atoms with Gasteiger partial charge in [-0.15, -0.1) is 0 Å². The third-order valence-electron chi connectivity index (χ3n) is 4.05. The molecular formula is C18H21N3O2S. The van der Waals surface area contributed by atoms with Gasteiger partial charge in [0.15, 0.2) is 0 Å². The molecule has 0 spiro atoms. The number of nitrogens with zero attached hydrogens (tertiary/aromatic N) is 2. The zero-order valence-corrected chi connectivity index (χ0v) is 14.2. The Morgan fingerprint density at radius 2 is 1.58 bits per heavy atom. The second-order valence-corrected chi connectivity index (χ2v) is 7.47. The molecule has 1 aliphatic rings. The fourth-order valence-corrected chi connectivity index (χ4v) is 3.56. The standard InChI is InChI=1S/C18H21N3O2S/c22-24(23,18-7-3-1-4-8-18)20-19-15-16-9-11-17(12-10-16)21-13-5-2-6-14-21/h1,3-4,7-12,15,20H,2,5-6,13-14H2/b19-15+. The lowest BCUT2D eigenvalue weighted by atomic mass is 10.1. The van der Waals surface area contributed by atoms with Gasteiger partial charge in [0.1, 0.15) is 0 Å². The van der Waals surface area contributed by atoms with Crippen LogP contribution in [0.2, 0.25) is 0 Å². The van der Waals surface area contributed by atoms with Crippen molar-refractivity contribution in [2.24, 2.45) is 5.10 Å². The fourth-order valence-electron chi connectivity index (χ4n) is 2.75. The number of rotatable bonds is 5. The molecule has 0 aromatic heterocycles. The van der Waals surface area contributed by atoms with Gasteiger partial charge in [0.05, 0.1) is 11.1 Å². The van der Waals surface area contributed by atoms with Crippen LogP contribution < -0.4 is 9.73 Å². The summed E-state index contributed by atoms with van der Waals surface area (Å²) in [6.45, 7) is 2.20. The van der Waals surface area contributed by atoms with Crippen molar-refractivity contribution in [2.75, 3.05) is 18.0 Å². The molecule has 1 saturated heterocycles. The minimum Gasteiger partial charge on any atom is -0.372 e. The highest BCUT2D eigenvalue weighted by atomic mass is 32.2. The molecule has 24 heavy (non-hydrogen) atoms. The van der Waals surface area contributed by atoms with E-state index in [9.17, 15) is 8.42 Å². The van der Waals surface area contributed by atoms with E-state index in [0.717, 1.165) is 18.7 Å². The van der Waals surface area contributed by atoms with Gasteiger partial charge in [-0.3, -0.25) is 0 Å². The van der Waals surface area contributed by atoms with Gasteiger partial charge in [-0.05, 0) is 49.1 Å². The largest absolute Gasteiger partial charge is 0.372 e. The molecule has 2 aromatic rings. The molecule has 2 aromatic carbocycles. The number of benzene rings is 2. The monoisotopic (exact) mass is 343 g/mol. The molecule has 0 amide bonds. The van der Waals surface area contributed by atoms with Crippen LogP contribution in [-0.4, -0.2) is 27.7 Å². The van der Waals surface area contributed by atoms with Crippen LogP contribution in [0.25, 0.3) is 0 Å². The molecule has 1 heterocycles.